The van der Waals surface area contributed by atoms with Crippen LogP contribution in [0.3, 0.4) is 0 Å². The highest BCUT2D eigenvalue weighted by molar-refractivity contribution is 5.77. The van der Waals surface area contributed by atoms with Crippen molar-refractivity contribution in [2.24, 2.45) is 0 Å². The van der Waals surface area contributed by atoms with E-state index in [4.69, 9.17) is 28.1 Å². The van der Waals surface area contributed by atoms with E-state index in [1.807, 2.05) is 12.1 Å². The highest BCUT2D eigenvalue weighted by Crippen LogP contribution is 2.43. The number of hydrogen-bond donors (Lipinski definition) is 1. The molecule has 0 aliphatic carbocycles. The van der Waals surface area contributed by atoms with E-state index in [0.717, 1.165) is 18.4 Å². The van der Waals surface area contributed by atoms with Gasteiger partial charge in [-0.1, -0.05) is 0 Å². The van der Waals surface area contributed by atoms with Gasteiger partial charge in [0.1, 0.15) is 29.8 Å². The van der Waals surface area contributed by atoms with Crippen LogP contribution >= 0.6 is 0 Å². The molecule has 164 valence electrons. The molecule has 0 spiro atoms. The lowest BCUT2D eigenvalue weighted by atomic mass is 10.2. The number of methoxy groups -OCH3 is 2. The van der Waals surface area contributed by atoms with Gasteiger partial charge in [-0.25, -0.2) is 4.79 Å². The lowest BCUT2D eigenvalue weighted by Gasteiger charge is -2.28. The van der Waals surface area contributed by atoms with Crippen LogP contribution in [-0.4, -0.2) is 46.6 Å². The molecule has 4 rings (SSSR count). The van der Waals surface area contributed by atoms with E-state index in [0.29, 0.717) is 54.1 Å². The SMILES string of the molecule is COc1cc(OC)c2c(c1)OCC(CNCCCOc1ccc3ccc(=O)oc3c1)O2. The zero-order valence-corrected chi connectivity index (χ0v) is 17.5. The monoisotopic (exact) mass is 427 g/mol. The molecule has 0 amide bonds. The largest absolute Gasteiger partial charge is 0.496 e. The average Bonchev–Trinajstić information content (AvgIpc) is 2.80. The van der Waals surface area contributed by atoms with Crippen LogP contribution in [0.2, 0.25) is 0 Å². The summed E-state index contributed by atoms with van der Waals surface area (Å²) in [4.78, 5) is 11.3. The average molecular weight is 427 g/mol. The van der Waals surface area contributed by atoms with Gasteiger partial charge in [-0.3, -0.25) is 0 Å². The second-order valence-corrected chi connectivity index (χ2v) is 7.07. The van der Waals surface area contributed by atoms with Gasteiger partial charge in [-0.15, -0.1) is 0 Å². The smallest absolute Gasteiger partial charge is 0.336 e. The first kappa shape index (κ1) is 20.9. The van der Waals surface area contributed by atoms with Crippen LogP contribution < -0.4 is 34.6 Å². The number of ether oxygens (including phenoxy) is 5. The molecular weight excluding hydrogens is 402 g/mol. The van der Waals surface area contributed by atoms with E-state index in [1.165, 1.54) is 6.07 Å². The number of fused-ring (bicyclic) bond motifs is 2. The molecule has 0 saturated heterocycles. The first-order valence-corrected chi connectivity index (χ1v) is 10.1. The van der Waals surface area contributed by atoms with Gasteiger partial charge < -0.3 is 33.4 Å². The van der Waals surface area contributed by atoms with Crippen molar-refractivity contribution in [1.29, 1.82) is 0 Å². The Morgan fingerprint density at radius 3 is 2.77 bits per heavy atom. The Morgan fingerprint density at radius 1 is 1.06 bits per heavy atom. The Labute approximate surface area is 179 Å². The summed E-state index contributed by atoms with van der Waals surface area (Å²) >= 11 is 0. The summed E-state index contributed by atoms with van der Waals surface area (Å²) in [6, 6.07) is 12.2. The summed E-state index contributed by atoms with van der Waals surface area (Å²) in [5, 5.41) is 4.22. The summed E-state index contributed by atoms with van der Waals surface area (Å²) in [6.45, 7) is 2.37. The Hall–Kier alpha value is -3.39. The lowest BCUT2D eigenvalue weighted by molar-refractivity contribution is 0.0858. The van der Waals surface area contributed by atoms with Gasteiger partial charge in [0, 0.05) is 36.2 Å². The van der Waals surface area contributed by atoms with E-state index in [1.54, 1.807) is 38.5 Å². The van der Waals surface area contributed by atoms with Gasteiger partial charge in [-0.2, -0.15) is 0 Å². The molecule has 2 aromatic carbocycles. The van der Waals surface area contributed by atoms with Crippen LogP contribution in [0, 0.1) is 0 Å². The molecular formula is C23H25NO7. The zero-order valence-electron chi connectivity index (χ0n) is 17.5. The van der Waals surface area contributed by atoms with Crippen molar-refractivity contribution in [2.45, 2.75) is 12.5 Å². The van der Waals surface area contributed by atoms with Gasteiger partial charge in [-0.05, 0) is 31.2 Å². The second kappa shape index (κ2) is 9.61. The third-order valence-electron chi connectivity index (χ3n) is 4.89. The second-order valence-electron chi connectivity index (χ2n) is 7.07. The van der Waals surface area contributed by atoms with Crippen LogP contribution in [0.25, 0.3) is 11.0 Å². The Bertz CT molecular complexity index is 1080. The van der Waals surface area contributed by atoms with Gasteiger partial charge in [0.05, 0.1) is 20.8 Å². The maximum atomic E-state index is 11.3. The summed E-state index contributed by atoms with van der Waals surface area (Å²) in [7, 11) is 3.18. The molecule has 0 radical (unpaired) electrons. The quantitative estimate of drug-likeness (QED) is 0.412. The minimum Gasteiger partial charge on any atom is -0.496 e. The van der Waals surface area contributed by atoms with E-state index in [-0.39, 0.29) is 11.7 Å². The maximum Gasteiger partial charge on any atom is 0.336 e. The number of nitrogens with one attached hydrogen (secondary N) is 1. The van der Waals surface area contributed by atoms with Gasteiger partial charge in [0.15, 0.2) is 11.5 Å². The molecule has 0 saturated carbocycles. The molecule has 1 N–H and O–H groups in total. The first-order chi connectivity index (χ1) is 15.2. The summed E-state index contributed by atoms with van der Waals surface area (Å²) in [5.74, 6) is 3.12. The normalized spacial score (nSPS) is 15.0. The Balaban J connectivity index is 1.21. The molecule has 8 heteroatoms. The molecule has 1 atom stereocenters. The fraction of sp³-hybridized carbons (Fsp3) is 0.348. The van der Waals surface area contributed by atoms with Crippen LogP contribution in [0.5, 0.6) is 28.7 Å². The molecule has 1 unspecified atom stereocenters. The standard InChI is InChI=1S/C23H25NO7/c1-26-17-11-20(27-2)23-21(12-17)29-14-18(30-23)13-24-8-3-9-28-16-6-4-15-5-7-22(25)31-19(15)10-16/h4-7,10-12,18,24H,3,8-9,13-14H2,1-2H3. The van der Waals surface area contributed by atoms with Crippen LogP contribution in [0.15, 0.2) is 51.7 Å². The third-order valence-corrected chi connectivity index (χ3v) is 4.89. The van der Waals surface area contributed by atoms with Gasteiger partial charge in [0.2, 0.25) is 5.75 Å². The fourth-order valence-electron chi connectivity index (χ4n) is 3.31. The molecule has 2 heterocycles. The zero-order chi connectivity index (χ0) is 21.6. The Morgan fingerprint density at radius 2 is 1.94 bits per heavy atom. The molecule has 0 bridgehead atoms. The number of hydrogen-bond acceptors (Lipinski definition) is 8. The van der Waals surface area contributed by atoms with Crippen LogP contribution in [0.1, 0.15) is 6.42 Å². The highest BCUT2D eigenvalue weighted by atomic mass is 16.6. The van der Waals surface area contributed by atoms with Gasteiger partial charge in [0.25, 0.3) is 0 Å². The lowest BCUT2D eigenvalue weighted by Crippen LogP contribution is -2.39. The van der Waals surface area contributed by atoms with Crippen molar-refractivity contribution in [3.05, 3.63) is 52.9 Å². The molecule has 3 aromatic rings. The molecule has 1 aliphatic heterocycles. The van der Waals surface area contributed by atoms with E-state index < -0.39 is 0 Å². The molecule has 0 fully saturated rings. The highest BCUT2D eigenvalue weighted by Gasteiger charge is 2.25. The van der Waals surface area contributed by atoms with Crippen molar-refractivity contribution >= 4 is 11.0 Å². The van der Waals surface area contributed by atoms with Crippen molar-refractivity contribution in [3.8, 4) is 28.7 Å². The maximum absolute atomic E-state index is 11.3. The minimum absolute atomic E-state index is 0.126. The van der Waals surface area contributed by atoms with Crippen molar-refractivity contribution in [2.75, 3.05) is 40.5 Å². The fourth-order valence-corrected chi connectivity index (χ4v) is 3.31. The Kier molecular flexibility index (Phi) is 6.47. The van der Waals surface area contributed by atoms with Crippen molar-refractivity contribution in [1.82, 2.24) is 5.32 Å². The van der Waals surface area contributed by atoms with E-state index in [2.05, 4.69) is 5.32 Å². The van der Waals surface area contributed by atoms with E-state index in [9.17, 15) is 4.79 Å². The van der Waals surface area contributed by atoms with Gasteiger partial charge >= 0.3 is 5.63 Å². The number of benzene rings is 2. The van der Waals surface area contributed by atoms with Crippen LogP contribution in [-0.2, 0) is 0 Å². The summed E-state index contributed by atoms with van der Waals surface area (Å²) in [6.07, 6.45) is 0.681. The molecule has 1 aromatic heterocycles. The molecule has 31 heavy (non-hydrogen) atoms. The molecule has 1 aliphatic rings. The van der Waals surface area contributed by atoms with Crippen LogP contribution in [0.4, 0.5) is 0 Å². The predicted octanol–water partition coefficient (Wildman–Crippen LogP) is 3.01. The first-order valence-electron chi connectivity index (χ1n) is 10.1. The topological polar surface area (TPSA) is 88.4 Å². The van der Waals surface area contributed by atoms with Crippen molar-refractivity contribution in [3.63, 3.8) is 0 Å². The molecule has 8 nitrogen and oxygen atoms in total. The number of rotatable bonds is 9. The summed E-state index contributed by atoms with van der Waals surface area (Å²) in [5.41, 5.74) is 0.146. The van der Waals surface area contributed by atoms with E-state index >= 15 is 0 Å². The van der Waals surface area contributed by atoms with Crippen molar-refractivity contribution < 1.29 is 28.1 Å². The predicted molar refractivity (Wildman–Crippen MR) is 115 cm³/mol. The minimum atomic E-state index is -0.373. The third kappa shape index (κ3) is 5.03. The summed E-state index contributed by atoms with van der Waals surface area (Å²) < 4.78 is 33.4.